The summed E-state index contributed by atoms with van der Waals surface area (Å²) in [6.45, 7) is 6.13. The lowest BCUT2D eigenvalue weighted by molar-refractivity contribution is 1.23. The molecule has 0 atom stereocenters. The lowest BCUT2D eigenvalue weighted by Crippen LogP contribution is -1.94. The van der Waals surface area contributed by atoms with Crippen molar-refractivity contribution in [1.82, 2.24) is 4.98 Å². The van der Waals surface area contributed by atoms with Crippen molar-refractivity contribution in [2.45, 2.75) is 20.8 Å². The zero-order valence-electron chi connectivity index (χ0n) is 9.66. The van der Waals surface area contributed by atoms with Crippen molar-refractivity contribution in [2.24, 2.45) is 0 Å². The summed E-state index contributed by atoms with van der Waals surface area (Å²) in [7, 11) is 0. The molecule has 0 aliphatic heterocycles. The number of anilines is 3. The Morgan fingerprint density at radius 1 is 1.25 bits per heavy atom. The predicted molar refractivity (Wildman–Crippen MR) is 70.5 cm³/mol. The first-order valence-electron chi connectivity index (χ1n) is 5.13. The Bertz CT molecular complexity index is 497. The molecule has 84 valence electrons. The van der Waals surface area contributed by atoms with Gasteiger partial charge in [-0.2, -0.15) is 0 Å². The number of hydrogen-bond acceptors (Lipinski definition) is 4. The highest BCUT2D eigenvalue weighted by molar-refractivity contribution is 7.15. The van der Waals surface area contributed by atoms with Crippen LogP contribution in [0.4, 0.5) is 16.5 Å². The zero-order chi connectivity index (χ0) is 11.7. The highest BCUT2D eigenvalue weighted by Crippen LogP contribution is 2.27. The molecule has 0 radical (unpaired) electrons. The second-order valence-corrected chi connectivity index (χ2v) is 5.06. The second-order valence-electron chi connectivity index (χ2n) is 3.86. The predicted octanol–water partition coefficient (Wildman–Crippen LogP) is 3.39. The molecule has 1 aromatic heterocycles. The maximum Gasteiger partial charge on any atom is 0.187 e. The average Bonchev–Trinajstić information content (AvgIpc) is 2.51. The van der Waals surface area contributed by atoms with E-state index in [0.717, 1.165) is 27.8 Å². The molecule has 16 heavy (non-hydrogen) atoms. The molecular formula is C12H15N3S. The van der Waals surface area contributed by atoms with Gasteiger partial charge in [-0.05, 0) is 44.5 Å². The van der Waals surface area contributed by atoms with Crippen LogP contribution in [-0.4, -0.2) is 4.98 Å². The van der Waals surface area contributed by atoms with E-state index < -0.39 is 0 Å². The van der Waals surface area contributed by atoms with E-state index in [-0.39, 0.29) is 0 Å². The highest BCUT2D eigenvalue weighted by atomic mass is 32.1. The largest absolute Gasteiger partial charge is 0.399 e. The number of benzene rings is 1. The van der Waals surface area contributed by atoms with E-state index in [1.807, 2.05) is 32.0 Å². The standard InChI is InChI=1S/C12H15N3S/c1-7-6-10(13)4-5-11(7)15-12-14-8(2)9(3)16-12/h4-6H,13H2,1-3H3,(H,14,15). The smallest absolute Gasteiger partial charge is 0.187 e. The number of thiazole rings is 1. The minimum Gasteiger partial charge on any atom is -0.399 e. The monoisotopic (exact) mass is 233 g/mol. The van der Waals surface area contributed by atoms with E-state index in [1.165, 1.54) is 4.88 Å². The molecule has 0 amide bonds. The Morgan fingerprint density at radius 2 is 2.00 bits per heavy atom. The third-order valence-corrected chi connectivity index (χ3v) is 3.51. The molecule has 0 spiro atoms. The van der Waals surface area contributed by atoms with Gasteiger partial charge in [0, 0.05) is 16.3 Å². The molecule has 0 fully saturated rings. The van der Waals surface area contributed by atoms with Gasteiger partial charge >= 0.3 is 0 Å². The van der Waals surface area contributed by atoms with Gasteiger partial charge in [0.2, 0.25) is 0 Å². The maximum absolute atomic E-state index is 5.71. The van der Waals surface area contributed by atoms with Gasteiger partial charge in [-0.15, -0.1) is 11.3 Å². The number of nitrogen functional groups attached to an aromatic ring is 1. The molecule has 1 aromatic carbocycles. The quantitative estimate of drug-likeness (QED) is 0.782. The summed E-state index contributed by atoms with van der Waals surface area (Å²) >= 11 is 1.67. The second kappa shape index (κ2) is 4.14. The minimum atomic E-state index is 0.787. The summed E-state index contributed by atoms with van der Waals surface area (Å²) in [6, 6.07) is 5.83. The number of nitrogens with zero attached hydrogens (tertiary/aromatic N) is 1. The number of hydrogen-bond donors (Lipinski definition) is 2. The van der Waals surface area contributed by atoms with Gasteiger partial charge in [0.15, 0.2) is 5.13 Å². The van der Waals surface area contributed by atoms with Gasteiger partial charge in [0.05, 0.1) is 5.69 Å². The van der Waals surface area contributed by atoms with E-state index in [2.05, 4.69) is 17.2 Å². The lowest BCUT2D eigenvalue weighted by Gasteiger charge is -2.06. The Morgan fingerprint density at radius 3 is 2.56 bits per heavy atom. The van der Waals surface area contributed by atoms with Crippen LogP contribution >= 0.6 is 11.3 Å². The fraction of sp³-hybridized carbons (Fsp3) is 0.250. The third-order valence-electron chi connectivity index (χ3n) is 2.52. The van der Waals surface area contributed by atoms with Crippen molar-refractivity contribution < 1.29 is 0 Å². The Hall–Kier alpha value is -1.55. The van der Waals surface area contributed by atoms with Crippen LogP contribution in [0.3, 0.4) is 0 Å². The average molecular weight is 233 g/mol. The van der Waals surface area contributed by atoms with Crippen LogP contribution in [0, 0.1) is 20.8 Å². The molecule has 0 unspecified atom stereocenters. The van der Waals surface area contributed by atoms with E-state index in [0.29, 0.717) is 0 Å². The fourth-order valence-corrected chi connectivity index (χ4v) is 2.30. The van der Waals surface area contributed by atoms with Crippen LogP contribution in [0.5, 0.6) is 0 Å². The van der Waals surface area contributed by atoms with E-state index >= 15 is 0 Å². The van der Waals surface area contributed by atoms with Crippen LogP contribution in [-0.2, 0) is 0 Å². The number of nitrogens with one attached hydrogen (secondary N) is 1. The van der Waals surface area contributed by atoms with E-state index in [1.54, 1.807) is 11.3 Å². The number of aromatic nitrogens is 1. The topological polar surface area (TPSA) is 50.9 Å². The van der Waals surface area contributed by atoms with Crippen molar-refractivity contribution in [2.75, 3.05) is 11.1 Å². The van der Waals surface area contributed by atoms with Crippen LogP contribution in [0.15, 0.2) is 18.2 Å². The van der Waals surface area contributed by atoms with Crippen LogP contribution < -0.4 is 11.1 Å². The van der Waals surface area contributed by atoms with Gasteiger partial charge in [-0.1, -0.05) is 0 Å². The van der Waals surface area contributed by atoms with Crippen molar-refractivity contribution in [3.05, 3.63) is 34.3 Å². The van der Waals surface area contributed by atoms with Gasteiger partial charge in [-0.25, -0.2) is 4.98 Å². The number of aryl methyl sites for hydroxylation is 3. The SMILES string of the molecule is Cc1cc(N)ccc1Nc1nc(C)c(C)s1. The molecule has 3 nitrogen and oxygen atoms in total. The molecule has 4 heteroatoms. The normalized spacial score (nSPS) is 10.4. The van der Waals surface area contributed by atoms with Gasteiger partial charge in [-0.3, -0.25) is 0 Å². The summed E-state index contributed by atoms with van der Waals surface area (Å²) in [4.78, 5) is 5.69. The molecule has 0 bridgehead atoms. The molecule has 0 aliphatic carbocycles. The van der Waals surface area contributed by atoms with Crippen molar-refractivity contribution in [3.8, 4) is 0 Å². The fourth-order valence-electron chi connectivity index (χ4n) is 1.47. The van der Waals surface area contributed by atoms with Crippen LogP contribution in [0.2, 0.25) is 0 Å². The summed E-state index contributed by atoms with van der Waals surface area (Å²) in [5, 5.41) is 4.25. The molecule has 0 aliphatic rings. The first-order valence-corrected chi connectivity index (χ1v) is 5.95. The minimum absolute atomic E-state index is 0.787. The molecule has 2 rings (SSSR count). The Kier molecular flexibility index (Phi) is 2.83. The van der Waals surface area contributed by atoms with Crippen molar-refractivity contribution in [1.29, 1.82) is 0 Å². The molecule has 0 saturated heterocycles. The molecule has 1 heterocycles. The first kappa shape index (κ1) is 11.0. The molecule has 0 saturated carbocycles. The molecule has 2 aromatic rings. The van der Waals surface area contributed by atoms with Crippen LogP contribution in [0.1, 0.15) is 16.1 Å². The van der Waals surface area contributed by atoms with Crippen molar-refractivity contribution >= 4 is 27.8 Å². The van der Waals surface area contributed by atoms with Crippen LogP contribution in [0.25, 0.3) is 0 Å². The van der Waals surface area contributed by atoms with Gasteiger partial charge < -0.3 is 11.1 Å². The highest BCUT2D eigenvalue weighted by Gasteiger charge is 2.05. The van der Waals surface area contributed by atoms with E-state index in [9.17, 15) is 0 Å². The summed E-state index contributed by atoms with van der Waals surface area (Å²) in [5.41, 5.74) is 9.77. The first-order chi connectivity index (χ1) is 7.56. The van der Waals surface area contributed by atoms with E-state index in [4.69, 9.17) is 5.73 Å². The molecule has 3 N–H and O–H groups in total. The van der Waals surface area contributed by atoms with Gasteiger partial charge in [0.1, 0.15) is 0 Å². The third kappa shape index (κ3) is 2.17. The number of nitrogens with two attached hydrogens (primary N) is 1. The van der Waals surface area contributed by atoms with Crippen molar-refractivity contribution in [3.63, 3.8) is 0 Å². The summed E-state index contributed by atoms with van der Waals surface area (Å²) in [6.07, 6.45) is 0. The summed E-state index contributed by atoms with van der Waals surface area (Å²) < 4.78 is 0. The zero-order valence-corrected chi connectivity index (χ0v) is 10.5. The molecular weight excluding hydrogens is 218 g/mol. The maximum atomic E-state index is 5.71. The number of rotatable bonds is 2. The Labute approximate surface area is 99.3 Å². The Balaban J connectivity index is 2.27. The van der Waals surface area contributed by atoms with Gasteiger partial charge in [0.25, 0.3) is 0 Å². The summed E-state index contributed by atoms with van der Waals surface area (Å²) in [5.74, 6) is 0. The lowest BCUT2D eigenvalue weighted by atomic mass is 10.2.